The van der Waals surface area contributed by atoms with Crippen molar-refractivity contribution in [2.75, 3.05) is 39.5 Å². The molecule has 2 heterocycles. The number of carbonyl (C=O) groups is 1. The second-order valence-electron chi connectivity index (χ2n) is 3.87. The molecule has 1 N–H and O–H groups in total. The van der Waals surface area contributed by atoms with Gasteiger partial charge in [-0.3, -0.25) is 9.52 Å². The van der Waals surface area contributed by atoms with E-state index in [1.54, 1.807) is 0 Å². The summed E-state index contributed by atoms with van der Waals surface area (Å²) in [6, 6.07) is 0. The molecule has 1 unspecified atom stereocenters. The Bertz CT molecular complexity index is 233. The van der Waals surface area contributed by atoms with Gasteiger partial charge in [0.2, 0.25) is 5.91 Å². The summed E-state index contributed by atoms with van der Waals surface area (Å²) in [7, 11) is 0. The van der Waals surface area contributed by atoms with E-state index in [9.17, 15) is 4.79 Å². The zero-order chi connectivity index (χ0) is 10.7. The molecule has 1 atom stereocenters. The van der Waals surface area contributed by atoms with Crippen LogP contribution in [-0.2, 0) is 14.3 Å². The topological polar surface area (TPSA) is 50.8 Å². The van der Waals surface area contributed by atoms with Crippen LogP contribution in [0.2, 0.25) is 0 Å². The Morgan fingerprint density at radius 2 is 2.33 bits per heavy atom. The summed E-state index contributed by atoms with van der Waals surface area (Å²) in [4.78, 5) is 13.7. The molecule has 0 aromatic rings. The molecule has 2 rings (SSSR count). The van der Waals surface area contributed by atoms with Crippen molar-refractivity contribution in [1.29, 1.82) is 0 Å². The summed E-state index contributed by atoms with van der Waals surface area (Å²) in [5.41, 5.74) is 0. The normalized spacial score (nSPS) is 27.5. The molecule has 2 fully saturated rings. The van der Waals surface area contributed by atoms with Crippen LogP contribution >= 0.6 is 12.8 Å². The summed E-state index contributed by atoms with van der Waals surface area (Å²) in [5.74, 6) is 0.279. The third-order valence-corrected chi connectivity index (χ3v) is 2.94. The Kier molecular flexibility index (Phi) is 3.85. The molecule has 0 aromatic heterocycles. The van der Waals surface area contributed by atoms with Gasteiger partial charge in [0.25, 0.3) is 0 Å². The maximum absolute atomic E-state index is 11.9. The Hall–Kier alpha value is -0.300. The molecule has 15 heavy (non-hydrogen) atoms. The number of nitrogens with zero attached hydrogens (tertiary/aromatic N) is 1. The fourth-order valence-electron chi connectivity index (χ4n) is 1.78. The van der Waals surface area contributed by atoms with Crippen molar-refractivity contribution in [2.45, 2.75) is 6.10 Å². The first-order chi connectivity index (χ1) is 7.31. The van der Waals surface area contributed by atoms with Gasteiger partial charge in [-0.1, -0.05) is 12.8 Å². The fraction of sp³-hybridized carbons (Fsp3) is 0.889. The van der Waals surface area contributed by atoms with Crippen molar-refractivity contribution >= 4 is 18.7 Å². The van der Waals surface area contributed by atoms with Crippen LogP contribution in [-0.4, -0.2) is 56.4 Å². The number of hydrogen-bond donors (Lipinski definition) is 2. The second-order valence-corrected chi connectivity index (χ2v) is 4.19. The van der Waals surface area contributed by atoms with Crippen molar-refractivity contribution in [1.82, 2.24) is 9.62 Å². The van der Waals surface area contributed by atoms with Gasteiger partial charge in [0, 0.05) is 19.6 Å². The van der Waals surface area contributed by atoms with Crippen molar-refractivity contribution in [3.8, 4) is 0 Å². The minimum Gasteiger partial charge on any atom is -0.380 e. The Morgan fingerprint density at radius 3 is 2.93 bits per heavy atom. The summed E-state index contributed by atoms with van der Waals surface area (Å²) in [6.07, 6.45) is 0.0567. The predicted molar refractivity (Wildman–Crippen MR) is 57.6 cm³/mol. The summed E-state index contributed by atoms with van der Waals surface area (Å²) < 4.78 is 13.3. The third kappa shape index (κ3) is 2.63. The highest BCUT2D eigenvalue weighted by Gasteiger charge is 2.33. The van der Waals surface area contributed by atoms with Gasteiger partial charge in [-0.05, 0) is 0 Å². The zero-order valence-electron chi connectivity index (χ0n) is 8.52. The minimum atomic E-state index is 0.0567. The average Bonchev–Trinajstić information content (AvgIpc) is 2.16. The molecule has 86 valence electrons. The monoisotopic (exact) mass is 232 g/mol. The number of morpholine rings is 1. The molecule has 2 saturated heterocycles. The highest BCUT2D eigenvalue weighted by molar-refractivity contribution is 7.78. The molecule has 0 spiro atoms. The molecule has 0 aliphatic carbocycles. The quantitative estimate of drug-likeness (QED) is 0.632. The lowest BCUT2D eigenvalue weighted by molar-refractivity contribution is -0.156. The number of nitrogens with one attached hydrogen (secondary N) is 1. The third-order valence-electron chi connectivity index (χ3n) is 2.76. The fourth-order valence-corrected chi connectivity index (χ4v) is 1.98. The first-order valence-electron chi connectivity index (χ1n) is 5.16. The molecule has 0 aromatic carbocycles. The van der Waals surface area contributed by atoms with E-state index in [0.717, 1.165) is 0 Å². The highest BCUT2D eigenvalue weighted by Crippen LogP contribution is 2.16. The Balaban J connectivity index is 1.83. The van der Waals surface area contributed by atoms with Crippen LogP contribution < -0.4 is 4.72 Å². The molecule has 0 bridgehead atoms. The van der Waals surface area contributed by atoms with Gasteiger partial charge in [-0.2, -0.15) is 0 Å². The number of rotatable bonds is 3. The number of thiol groups is 1. The highest BCUT2D eigenvalue weighted by atomic mass is 32.1. The largest absolute Gasteiger partial charge is 0.380 e. The molecule has 2 aliphatic rings. The van der Waals surface area contributed by atoms with E-state index in [4.69, 9.17) is 9.47 Å². The molecular weight excluding hydrogens is 216 g/mol. The van der Waals surface area contributed by atoms with Crippen molar-refractivity contribution in [3.63, 3.8) is 0 Å². The van der Waals surface area contributed by atoms with E-state index in [1.807, 2.05) is 4.90 Å². The molecule has 0 radical (unpaired) electrons. The molecule has 2 aliphatic heterocycles. The molecule has 6 heteroatoms. The number of carbonyl (C=O) groups excluding carboxylic acids is 1. The van der Waals surface area contributed by atoms with E-state index in [-0.39, 0.29) is 17.9 Å². The number of amides is 1. The summed E-state index contributed by atoms with van der Waals surface area (Å²) in [6.45, 7) is 3.77. The Morgan fingerprint density at radius 1 is 1.53 bits per heavy atom. The first kappa shape index (κ1) is 11.2. The summed E-state index contributed by atoms with van der Waals surface area (Å²) >= 11 is 3.93. The minimum absolute atomic E-state index is 0.0567. The van der Waals surface area contributed by atoms with Crippen molar-refractivity contribution < 1.29 is 14.3 Å². The Labute approximate surface area is 94.6 Å². The van der Waals surface area contributed by atoms with E-state index >= 15 is 0 Å². The van der Waals surface area contributed by atoms with E-state index in [2.05, 4.69) is 17.5 Å². The average molecular weight is 232 g/mol. The van der Waals surface area contributed by atoms with E-state index < -0.39 is 0 Å². The van der Waals surface area contributed by atoms with Crippen LogP contribution in [0.3, 0.4) is 0 Å². The van der Waals surface area contributed by atoms with E-state index in [1.165, 1.54) is 0 Å². The second kappa shape index (κ2) is 5.16. The lowest BCUT2D eigenvalue weighted by Gasteiger charge is -2.37. The van der Waals surface area contributed by atoms with Crippen LogP contribution in [0.25, 0.3) is 0 Å². The number of hydrogen-bond acceptors (Lipinski definition) is 5. The maximum Gasteiger partial charge on any atom is 0.230 e. The zero-order valence-corrected chi connectivity index (χ0v) is 9.41. The van der Waals surface area contributed by atoms with Crippen LogP contribution in [0.4, 0.5) is 0 Å². The van der Waals surface area contributed by atoms with Crippen LogP contribution in [0, 0.1) is 5.92 Å². The number of ether oxygens (including phenoxy) is 2. The van der Waals surface area contributed by atoms with Gasteiger partial charge in [0.05, 0.1) is 31.8 Å². The van der Waals surface area contributed by atoms with Gasteiger partial charge < -0.3 is 14.4 Å². The van der Waals surface area contributed by atoms with Gasteiger partial charge in [0.1, 0.15) is 0 Å². The van der Waals surface area contributed by atoms with Crippen LogP contribution in [0.1, 0.15) is 0 Å². The molecule has 5 nitrogen and oxygen atoms in total. The van der Waals surface area contributed by atoms with Gasteiger partial charge in [-0.25, -0.2) is 0 Å². The lowest BCUT2D eigenvalue weighted by Crippen LogP contribution is -2.52. The van der Waals surface area contributed by atoms with Gasteiger partial charge in [0.15, 0.2) is 0 Å². The van der Waals surface area contributed by atoms with Gasteiger partial charge in [-0.15, -0.1) is 0 Å². The maximum atomic E-state index is 11.9. The molecule has 0 saturated carbocycles. The molecular formula is C9H16N2O3S. The van der Waals surface area contributed by atoms with Crippen LogP contribution in [0.5, 0.6) is 0 Å². The van der Waals surface area contributed by atoms with Crippen LogP contribution in [0.15, 0.2) is 0 Å². The predicted octanol–water partition coefficient (Wildman–Crippen LogP) is -0.705. The summed E-state index contributed by atoms with van der Waals surface area (Å²) in [5, 5.41) is 0. The van der Waals surface area contributed by atoms with E-state index in [0.29, 0.717) is 39.5 Å². The van der Waals surface area contributed by atoms with Crippen molar-refractivity contribution in [3.05, 3.63) is 0 Å². The van der Waals surface area contributed by atoms with Crippen molar-refractivity contribution in [2.24, 2.45) is 5.92 Å². The lowest BCUT2D eigenvalue weighted by atomic mass is 10.1. The molecule has 1 amide bonds. The smallest absolute Gasteiger partial charge is 0.230 e. The SMILES string of the molecule is O=C(C1COC1)N1CCOC(CNS)C1. The first-order valence-corrected chi connectivity index (χ1v) is 5.61. The standard InChI is InChI=1S/C9H16N2O3S/c12-9(7-5-13-6-7)11-1-2-14-8(4-11)3-10-15/h7-8,10,15H,1-6H2. The van der Waals surface area contributed by atoms with Gasteiger partial charge >= 0.3 is 0 Å².